The van der Waals surface area contributed by atoms with Gasteiger partial charge in [-0.1, -0.05) is 0 Å². The zero-order chi connectivity index (χ0) is 6.69. The Hall–Kier alpha value is -1.36. The maximum atomic E-state index is 8.36. The molecular weight excluding hydrogens is 112 g/mol. The maximum absolute atomic E-state index is 8.36. The molecule has 0 fully saturated rings. The van der Waals surface area contributed by atoms with Crippen LogP contribution in [-0.4, -0.2) is 4.98 Å². The van der Waals surface area contributed by atoms with Crippen LogP contribution in [0.25, 0.3) is 0 Å². The summed E-state index contributed by atoms with van der Waals surface area (Å²) in [6.45, 7) is 3.57. The molecule has 1 aromatic rings. The van der Waals surface area contributed by atoms with Crippen molar-refractivity contribution in [1.29, 1.82) is 5.26 Å². The fourth-order valence-corrected chi connectivity index (χ4v) is 0.548. The van der Waals surface area contributed by atoms with Crippen LogP contribution in [0.4, 0.5) is 0 Å². The van der Waals surface area contributed by atoms with E-state index in [1.54, 1.807) is 18.3 Å². The molecule has 0 saturated heterocycles. The third-order valence-corrected chi connectivity index (χ3v) is 0.946. The average molecular weight is 117 g/mol. The second-order valence-electron chi connectivity index (χ2n) is 1.65. The lowest BCUT2D eigenvalue weighted by atomic mass is 10.2. The summed E-state index contributed by atoms with van der Waals surface area (Å²) < 4.78 is 0. The van der Waals surface area contributed by atoms with Gasteiger partial charge in [-0.05, 0) is 19.1 Å². The van der Waals surface area contributed by atoms with Gasteiger partial charge in [0.1, 0.15) is 0 Å². The molecule has 0 atom stereocenters. The largest absolute Gasteiger partial charge is 0.261 e. The second kappa shape index (κ2) is 2.27. The smallest absolute Gasteiger partial charge is 0.0992 e. The fourth-order valence-electron chi connectivity index (χ4n) is 0.548. The number of hydrogen-bond donors (Lipinski definition) is 0. The minimum absolute atomic E-state index is 0.606. The SMILES string of the molecule is [CH2]c1cc(C#N)ccn1. The second-order valence-corrected chi connectivity index (χ2v) is 1.65. The van der Waals surface area contributed by atoms with E-state index in [9.17, 15) is 0 Å². The Labute approximate surface area is 53.8 Å². The van der Waals surface area contributed by atoms with Crippen molar-refractivity contribution in [2.24, 2.45) is 0 Å². The minimum Gasteiger partial charge on any atom is -0.261 e. The molecule has 0 saturated carbocycles. The highest BCUT2D eigenvalue weighted by Crippen LogP contribution is 1.96. The first kappa shape index (κ1) is 5.77. The van der Waals surface area contributed by atoms with E-state index in [0.29, 0.717) is 11.3 Å². The van der Waals surface area contributed by atoms with E-state index in [0.717, 1.165) is 0 Å². The van der Waals surface area contributed by atoms with E-state index in [1.165, 1.54) is 0 Å². The molecule has 2 heteroatoms. The normalized spacial score (nSPS) is 8.44. The molecule has 0 amide bonds. The van der Waals surface area contributed by atoms with Crippen LogP contribution in [0, 0.1) is 18.3 Å². The molecule has 0 aliphatic heterocycles. The van der Waals surface area contributed by atoms with Crippen LogP contribution >= 0.6 is 0 Å². The number of nitrogens with zero attached hydrogens (tertiary/aromatic N) is 2. The number of hydrogen-bond acceptors (Lipinski definition) is 2. The number of pyridine rings is 1. The minimum atomic E-state index is 0.606. The first-order valence-electron chi connectivity index (χ1n) is 2.51. The van der Waals surface area contributed by atoms with E-state index >= 15 is 0 Å². The van der Waals surface area contributed by atoms with Gasteiger partial charge in [0.25, 0.3) is 0 Å². The molecule has 2 nitrogen and oxygen atoms in total. The molecule has 1 aromatic heterocycles. The molecule has 0 bridgehead atoms. The Bertz CT molecular complexity index is 247. The summed E-state index contributed by atoms with van der Waals surface area (Å²) in [5.74, 6) is 0. The monoisotopic (exact) mass is 117 g/mol. The Morgan fingerprint density at radius 3 is 2.89 bits per heavy atom. The third kappa shape index (κ3) is 1.26. The predicted molar refractivity (Wildman–Crippen MR) is 33.4 cm³/mol. The van der Waals surface area contributed by atoms with Gasteiger partial charge in [-0.2, -0.15) is 5.26 Å². The van der Waals surface area contributed by atoms with E-state index < -0.39 is 0 Å². The third-order valence-electron chi connectivity index (χ3n) is 0.946. The van der Waals surface area contributed by atoms with E-state index in [-0.39, 0.29) is 0 Å². The Morgan fingerprint density at radius 2 is 2.44 bits per heavy atom. The topological polar surface area (TPSA) is 36.7 Å². The van der Waals surface area contributed by atoms with Crippen molar-refractivity contribution in [3.05, 3.63) is 36.5 Å². The number of nitriles is 1. The maximum Gasteiger partial charge on any atom is 0.0992 e. The van der Waals surface area contributed by atoms with Crippen LogP contribution in [0.15, 0.2) is 18.3 Å². The van der Waals surface area contributed by atoms with Crippen LogP contribution in [-0.2, 0) is 0 Å². The summed E-state index contributed by atoms with van der Waals surface area (Å²) in [7, 11) is 0. The Kier molecular flexibility index (Phi) is 1.46. The van der Waals surface area contributed by atoms with Gasteiger partial charge >= 0.3 is 0 Å². The molecule has 0 unspecified atom stereocenters. The van der Waals surface area contributed by atoms with E-state index in [4.69, 9.17) is 5.26 Å². The molecule has 1 heterocycles. The zero-order valence-electron chi connectivity index (χ0n) is 4.83. The molecule has 0 aromatic carbocycles. The summed E-state index contributed by atoms with van der Waals surface area (Å²) in [6.07, 6.45) is 1.57. The van der Waals surface area contributed by atoms with Gasteiger partial charge in [-0.15, -0.1) is 0 Å². The molecule has 0 spiro atoms. The number of rotatable bonds is 0. The fraction of sp³-hybridized carbons (Fsp3) is 0. The molecule has 0 N–H and O–H groups in total. The van der Waals surface area contributed by atoms with Crippen LogP contribution < -0.4 is 0 Å². The molecule has 1 radical (unpaired) electrons. The quantitative estimate of drug-likeness (QED) is 0.510. The standard InChI is InChI=1S/C7H5N2/c1-6-4-7(5-8)2-3-9-6/h2-4H,1H2. The van der Waals surface area contributed by atoms with Gasteiger partial charge in [0.15, 0.2) is 0 Å². The molecule has 0 aliphatic rings. The lowest BCUT2D eigenvalue weighted by Crippen LogP contribution is -1.79. The zero-order valence-corrected chi connectivity index (χ0v) is 4.83. The van der Waals surface area contributed by atoms with Crippen molar-refractivity contribution in [3.8, 4) is 6.07 Å². The van der Waals surface area contributed by atoms with Gasteiger partial charge in [0.05, 0.1) is 11.6 Å². The van der Waals surface area contributed by atoms with Crippen molar-refractivity contribution >= 4 is 0 Å². The predicted octanol–water partition coefficient (Wildman–Crippen LogP) is 1.14. The van der Waals surface area contributed by atoms with E-state index in [1.807, 2.05) is 6.07 Å². The molecule has 1 rings (SSSR count). The van der Waals surface area contributed by atoms with Crippen molar-refractivity contribution in [2.45, 2.75) is 0 Å². The van der Waals surface area contributed by atoms with Crippen LogP contribution in [0.3, 0.4) is 0 Å². The van der Waals surface area contributed by atoms with Crippen molar-refractivity contribution in [1.82, 2.24) is 4.98 Å². The van der Waals surface area contributed by atoms with Crippen molar-refractivity contribution in [2.75, 3.05) is 0 Å². The van der Waals surface area contributed by atoms with Gasteiger partial charge in [-0.25, -0.2) is 0 Å². The van der Waals surface area contributed by atoms with Crippen molar-refractivity contribution < 1.29 is 0 Å². The highest BCUT2D eigenvalue weighted by molar-refractivity contribution is 5.29. The Balaban J connectivity index is 3.12. The van der Waals surface area contributed by atoms with Gasteiger partial charge in [0, 0.05) is 11.9 Å². The molecule has 43 valence electrons. The summed E-state index contributed by atoms with van der Waals surface area (Å²) in [4.78, 5) is 3.83. The van der Waals surface area contributed by atoms with Crippen molar-refractivity contribution in [3.63, 3.8) is 0 Å². The average Bonchev–Trinajstić information content (AvgIpc) is 1.88. The highest BCUT2D eigenvalue weighted by Gasteiger charge is 1.87. The first-order valence-corrected chi connectivity index (χ1v) is 2.51. The summed E-state index contributed by atoms with van der Waals surface area (Å²) in [6, 6.07) is 5.27. The molecular formula is C7H5N2. The highest BCUT2D eigenvalue weighted by atomic mass is 14.6. The first-order chi connectivity index (χ1) is 4.33. The van der Waals surface area contributed by atoms with Gasteiger partial charge in [-0.3, -0.25) is 4.98 Å². The van der Waals surface area contributed by atoms with Crippen LogP contribution in [0.5, 0.6) is 0 Å². The molecule has 0 aliphatic carbocycles. The Morgan fingerprint density at radius 1 is 1.67 bits per heavy atom. The van der Waals surface area contributed by atoms with Gasteiger partial charge < -0.3 is 0 Å². The molecule has 9 heavy (non-hydrogen) atoms. The van der Waals surface area contributed by atoms with Crippen LogP contribution in [0.2, 0.25) is 0 Å². The number of aromatic nitrogens is 1. The summed E-state index contributed by atoms with van der Waals surface area (Å²) in [5.41, 5.74) is 1.24. The summed E-state index contributed by atoms with van der Waals surface area (Å²) in [5, 5.41) is 8.36. The lowest BCUT2D eigenvalue weighted by Gasteiger charge is -1.87. The summed E-state index contributed by atoms with van der Waals surface area (Å²) >= 11 is 0. The van der Waals surface area contributed by atoms with E-state index in [2.05, 4.69) is 11.9 Å². The van der Waals surface area contributed by atoms with Gasteiger partial charge in [0.2, 0.25) is 0 Å². The lowest BCUT2D eigenvalue weighted by molar-refractivity contribution is 1.25. The van der Waals surface area contributed by atoms with Crippen LogP contribution in [0.1, 0.15) is 11.3 Å².